The number of rotatable bonds is 6. The van der Waals surface area contributed by atoms with Crippen LogP contribution in [0.1, 0.15) is 26.7 Å². The second-order valence-corrected chi connectivity index (χ2v) is 7.61. The number of nitrogens with zero attached hydrogens (tertiary/aromatic N) is 2. The van der Waals surface area contributed by atoms with Crippen LogP contribution in [-0.4, -0.2) is 67.6 Å². The first-order valence-corrected chi connectivity index (χ1v) is 8.15. The van der Waals surface area contributed by atoms with Crippen molar-refractivity contribution in [2.45, 2.75) is 32.2 Å². The lowest BCUT2D eigenvalue weighted by Gasteiger charge is -2.54. The van der Waals surface area contributed by atoms with Crippen molar-refractivity contribution in [2.24, 2.45) is 11.1 Å². The monoisotopic (exact) mass is 273 g/mol. The highest BCUT2D eigenvalue weighted by Crippen LogP contribution is 2.44. The van der Waals surface area contributed by atoms with Crippen LogP contribution in [0.4, 0.5) is 0 Å². The Morgan fingerprint density at radius 3 is 2.33 bits per heavy atom. The number of hydrogen-bond acceptors (Lipinski definition) is 4. The lowest BCUT2D eigenvalue weighted by molar-refractivity contribution is 0.0187. The van der Waals surface area contributed by atoms with Gasteiger partial charge in [-0.05, 0) is 58.2 Å². The Bertz CT molecular complexity index is 255. The van der Waals surface area contributed by atoms with Crippen LogP contribution >= 0.6 is 11.8 Å². The summed E-state index contributed by atoms with van der Waals surface area (Å²) in [6, 6.07) is 0. The van der Waals surface area contributed by atoms with Gasteiger partial charge in [0.05, 0.1) is 0 Å². The minimum atomic E-state index is 0.169. The topological polar surface area (TPSA) is 32.5 Å². The van der Waals surface area contributed by atoms with Crippen LogP contribution in [-0.2, 0) is 0 Å². The molecule has 1 fully saturated rings. The van der Waals surface area contributed by atoms with Gasteiger partial charge in [0.25, 0.3) is 0 Å². The normalized spacial score (nSPS) is 28.0. The predicted molar refractivity (Wildman–Crippen MR) is 83.3 cm³/mol. The molecular weight excluding hydrogens is 242 g/mol. The quantitative estimate of drug-likeness (QED) is 0.799. The van der Waals surface area contributed by atoms with Crippen molar-refractivity contribution in [1.82, 2.24) is 9.80 Å². The zero-order valence-electron chi connectivity index (χ0n) is 12.8. The second kappa shape index (κ2) is 6.60. The summed E-state index contributed by atoms with van der Waals surface area (Å²) in [5.74, 6) is 2.45. The van der Waals surface area contributed by atoms with E-state index in [1.54, 1.807) is 0 Å². The predicted octanol–water partition coefficient (Wildman–Crippen LogP) is 1.73. The van der Waals surface area contributed by atoms with E-state index in [0.29, 0.717) is 5.41 Å². The molecule has 1 aliphatic heterocycles. The Hall–Kier alpha value is 0.230. The van der Waals surface area contributed by atoms with E-state index in [2.05, 4.69) is 56.6 Å². The van der Waals surface area contributed by atoms with Crippen LogP contribution < -0.4 is 5.73 Å². The summed E-state index contributed by atoms with van der Waals surface area (Å²) in [5, 5.41) is 0. The first-order valence-electron chi connectivity index (χ1n) is 6.99. The minimum absolute atomic E-state index is 0.169. The van der Waals surface area contributed by atoms with Gasteiger partial charge in [-0.3, -0.25) is 4.90 Å². The molecule has 0 bridgehead atoms. The lowest BCUT2D eigenvalue weighted by atomic mass is 9.70. The molecule has 0 saturated carbocycles. The maximum absolute atomic E-state index is 6.18. The Morgan fingerprint density at radius 2 is 1.83 bits per heavy atom. The Balaban J connectivity index is 2.67. The molecule has 0 aromatic carbocycles. The van der Waals surface area contributed by atoms with E-state index in [-0.39, 0.29) is 5.54 Å². The summed E-state index contributed by atoms with van der Waals surface area (Å²) in [5.41, 5.74) is 6.67. The molecule has 0 amide bonds. The van der Waals surface area contributed by atoms with Gasteiger partial charge in [-0.2, -0.15) is 11.8 Å². The molecule has 0 radical (unpaired) electrons. The van der Waals surface area contributed by atoms with E-state index in [0.717, 1.165) is 19.6 Å². The summed E-state index contributed by atoms with van der Waals surface area (Å²) in [6.07, 6.45) is 2.49. The van der Waals surface area contributed by atoms with Gasteiger partial charge in [0.15, 0.2) is 0 Å². The standard InChI is InChI=1S/C14H31N3S/c1-13(2)7-10-18-12-14(13,11-15)17(5)9-6-8-16(3)4/h6-12,15H2,1-5H3. The first kappa shape index (κ1) is 16.3. The van der Waals surface area contributed by atoms with Crippen LogP contribution in [0.2, 0.25) is 0 Å². The van der Waals surface area contributed by atoms with Crippen LogP contribution in [0.3, 0.4) is 0 Å². The molecule has 1 aliphatic rings. The molecule has 1 saturated heterocycles. The van der Waals surface area contributed by atoms with Crippen LogP contribution in [0.25, 0.3) is 0 Å². The highest BCUT2D eigenvalue weighted by molar-refractivity contribution is 7.99. The van der Waals surface area contributed by atoms with Crippen molar-refractivity contribution in [3.8, 4) is 0 Å². The van der Waals surface area contributed by atoms with Crippen LogP contribution in [0.15, 0.2) is 0 Å². The fraction of sp³-hybridized carbons (Fsp3) is 1.00. The lowest BCUT2D eigenvalue weighted by Crippen LogP contribution is -2.64. The number of thioether (sulfide) groups is 1. The third kappa shape index (κ3) is 3.41. The second-order valence-electron chi connectivity index (χ2n) is 6.50. The molecule has 1 unspecified atom stereocenters. The van der Waals surface area contributed by atoms with Crippen molar-refractivity contribution in [2.75, 3.05) is 52.3 Å². The van der Waals surface area contributed by atoms with E-state index >= 15 is 0 Å². The molecule has 1 heterocycles. The van der Waals surface area contributed by atoms with Crippen LogP contribution in [0, 0.1) is 5.41 Å². The summed E-state index contributed by atoms with van der Waals surface area (Å²) < 4.78 is 0. The molecule has 4 heteroatoms. The average molecular weight is 273 g/mol. The first-order chi connectivity index (χ1) is 8.35. The van der Waals surface area contributed by atoms with Gasteiger partial charge >= 0.3 is 0 Å². The van der Waals surface area contributed by atoms with Gasteiger partial charge in [-0.1, -0.05) is 13.8 Å². The van der Waals surface area contributed by atoms with Crippen molar-refractivity contribution in [3.05, 3.63) is 0 Å². The van der Waals surface area contributed by atoms with E-state index in [1.165, 1.54) is 24.3 Å². The van der Waals surface area contributed by atoms with Gasteiger partial charge in [0, 0.05) is 17.8 Å². The molecule has 108 valence electrons. The van der Waals surface area contributed by atoms with E-state index in [4.69, 9.17) is 5.73 Å². The Morgan fingerprint density at radius 1 is 1.17 bits per heavy atom. The van der Waals surface area contributed by atoms with Crippen molar-refractivity contribution >= 4 is 11.8 Å². The van der Waals surface area contributed by atoms with Gasteiger partial charge in [-0.15, -0.1) is 0 Å². The van der Waals surface area contributed by atoms with Crippen LogP contribution in [0.5, 0.6) is 0 Å². The maximum Gasteiger partial charge on any atom is 0.0469 e. The largest absolute Gasteiger partial charge is 0.329 e. The molecule has 3 nitrogen and oxygen atoms in total. The molecule has 1 atom stereocenters. The molecule has 2 N–H and O–H groups in total. The van der Waals surface area contributed by atoms with Crippen molar-refractivity contribution in [1.29, 1.82) is 0 Å². The zero-order chi connectivity index (χ0) is 13.8. The molecule has 0 aromatic rings. The van der Waals surface area contributed by atoms with Crippen molar-refractivity contribution < 1.29 is 0 Å². The SMILES string of the molecule is CN(C)CCCN(C)C1(CN)CSCCC1(C)C. The van der Waals surface area contributed by atoms with Gasteiger partial charge in [-0.25, -0.2) is 0 Å². The zero-order valence-corrected chi connectivity index (χ0v) is 13.6. The van der Waals surface area contributed by atoms with E-state index < -0.39 is 0 Å². The maximum atomic E-state index is 6.18. The average Bonchev–Trinajstić information content (AvgIpc) is 2.28. The highest BCUT2D eigenvalue weighted by Gasteiger charge is 2.48. The number of likely N-dealkylation sites (N-methyl/N-ethyl adjacent to an activating group) is 1. The van der Waals surface area contributed by atoms with Crippen molar-refractivity contribution in [3.63, 3.8) is 0 Å². The summed E-state index contributed by atoms with van der Waals surface area (Å²) in [4.78, 5) is 4.78. The highest BCUT2D eigenvalue weighted by atomic mass is 32.2. The number of nitrogens with two attached hydrogens (primary N) is 1. The third-order valence-corrected chi connectivity index (χ3v) is 5.81. The molecule has 1 rings (SSSR count). The van der Waals surface area contributed by atoms with Gasteiger partial charge in [0.1, 0.15) is 0 Å². The Labute approximate surface area is 117 Å². The summed E-state index contributed by atoms with van der Waals surface area (Å²) in [7, 11) is 6.54. The minimum Gasteiger partial charge on any atom is -0.329 e. The fourth-order valence-electron chi connectivity index (χ4n) is 2.95. The van der Waals surface area contributed by atoms with E-state index in [9.17, 15) is 0 Å². The molecule has 18 heavy (non-hydrogen) atoms. The molecule has 0 aromatic heterocycles. The smallest absolute Gasteiger partial charge is 0.0469 e. The fourth-order valence-corrected chi connectivity index (χ4v) is 4.82. The van der Waals surface area contributed by atoms with E-state index in [1.807, 2.05) is 0 Å². The van der Waals surface area contributed by atoms with Gasteiger partial charge in [0.2, 0.25) is 0 Å². The molecule has 0 aliphatic carbocycles. The van der Waals surface area contributed by atoms with Gasteiger partial charge < -0.3 is 10.6 Å². The Kier molecular flexibility index (Phi) is 5.97. The number of hydrogen-bond donors (Lipinski definition) is 1. The summed E-state index contributed by atoms with van der Waals surface area (Å²) >= 11 is 2.06. The third-order valence-electron chi connectivity index (χ3n) is 4.64. The summed E-state index contributed by atoms with van der Waals surface area (Å²) in [6.45, 7) is 7.84. The molecular formula is C14H31N3S. The molecule has 0 spiro atoms.